The number of amides is 2. The molecule has 138 valence electrons. The van der Waals surface area contributed by atoms with Crippen molar-refractivity contribution in [1.29, 1.82) is 0 Å². The van der Waals surface area contributed by atoms with E-state index in [1.807, 2.05) is 25.3 Å². The summed E-state index contributed by atoms with van der Waals surface area (Å²) in [6, 6.07) is 8.18. The molecule has 0 aliphatic carbocycles. The first-order valence-electron chi connectivity index (χ1n) is 8.33. The number of nitrogens with one attached hydrogen (secondary N) is 2. The highest BCUT2D eigenvalue weighted by Crippen LogP contribution is 2.16. The molecule has 2 amide bonds. The van der Waals surface area contributed by atoms with E-state index in [-0.39, 0.29) is 12.5 Å². The molecule has 7 nitrogen and oxygen atoms in total. The van der Waals surface area contributed by atoms with E-state index >= 15 is 0 Å². The van der Waals surface area contributed by atoms with E-state index in [0.717, 1.165) is 17.9 Å². The molecular formula is C19H23N3O4. The molecule has 1 aromatic carbocycles. The van der Waals surface area contributed by atoms with E-state index in [0.29, 0.717) is 16.8 Å². The van der Waals surface area contributed by atoms with Crippen LogP contribution in [0.5, 0.6) is 0 Å². The van der Waals surface area contributed by atoms with Crippen molar-refractivity contribution in [2.75, 3.05) is 19.0 Å². The molecule has 7 heteroatoms. The number of ether oxygens (including phenoxy) is 1. The van der Waals surface area contributed by atoms with E-state index in [2.05, 4.69) is 10.6 Å². The van der Waals surface area contributed by atoms with Crippen LogP contribution in [0.3, 0.4) is 0 Å². The van der Waals surface area contributed by atoms with Crippen molar-refractivity contribution < 1.29 is 19.1 Å². The summed E-state index contributed by atoms with van der Waals surface area (Å²) in [5.74, 6) is -1.18. The zero-order valence-electron chi connectivity index (χ0n) is 15.4. The molecule has 0 unspecified atom stereocenters. The van der Waals surface area contributed by atoms with Crippen LogP contribution in [0.1, 0.15) is 39.0 Å². The number of benzene rings is 1. The lowest BCUT2D eigenvalue weighted by Gasteiger charge is -2.08. The SMILES string of the molecule is CCn1c(C)cc(C(=O)OCC(=O)Nc2ccc(C(=O)NC)cc2)c1C. The Bertz CT molecular complexity index is 822. The highest BCUT2D eigenvalue weighted by atomic mass is 16.5. The third kappa shape index (κ3) is 4.30. The second kappa shape index (κ2) is 8.33. The molecule has 0 aliphatic heterocycles. The summed E-state index contributed by atoms with van der Waals surface area (Å²) in [6.45, 7) is 6.14. The summed E-state index contributed by atoms with van der Waals surface area (Å²) < 4.78 is 7.11. The molecule has 26 heavy (non-hydrogen) atoms. The molecule has 0 spiro atoms. The van der Waals surface area contributed by atoms with Crippen LogP contribution in [0, 0.1) is 13.8 Å². The molecule has 2 aromatic rings. The fourth-order valence-electron chi connectivity index (χ4n) is 2.75. The lowest BCUT2D eigenvalue weighted by atomic mass is 10.2. The molecule has 1 heterocycles. The molecular weight excluding hydrogens is 334 g/mol. The van der Waals surface area contributed by atoms with Crippen LogP contribution >= 0.6 is 0 Å². The van der Waals surface area contributed by atoms with Crippen molar-refractivity contribution >= 4 is 23.5 Å². The van der Waals surface area contributed by atoms with Crippen molar-refractivity contribution in [3.63, 3.8) is 0 Å². The Labute approximate surface area is 152 Å². The number of aromatic nitrogens is 1. The minimum Gasteiger partial charge on any atom is -0.452 e. The number of carbonyl (C=O) groups excluding carboxylic acids is 3. The number of rotatable bonds is 6. The van der Waals surface area contributed by atoms with E-state index in [9.17, 15) is 14.4 Å². The second-order valence-corrected chi connectivity index (χ2v) is 5.81. The Morgan fingerprint density at radius 2 is 1.77 bits per heavy atom. The van der Waals surface area contributed by atoms with E-state index in [1.54, 1.807) is 37.4 Å². The van der Waals surface area contributed by atoms with Gasteiger partial charge in [-0.25, -0.2) is 4.79 Å². The van der Waals surface area contributed by atoms with Gasteiger partial charge in [0.05, 0.1) is 5.56 Å². The second-order valence-electron chi connectivity index (χ2n) is 5.81. The third-order valence-electron chi connectivity index (χ3n) is 4.10. The largest absolute Gasteiger partial charge is 0.452 e. The molecule has 0 atom stereocenters. The van der Waals surface area contributed by atoms with Crippen molar-refractivity contribution in [2.24, 2.45) is 0 Å². The van der Waals surface area contributed by atoms with Crippen LogP contribution in [-0.4, -0.2) is 36.0 Å². The Hall–Kier alpha value is -3.09. The Balaban J connectivity index is 1.92. The lowest BCUT2D eigenvalue weighted by Crippen LogP contribution is -2.21. The minimum absolute atomic E-state index is 0.207. The number of esters is 1. The van der Waals surface area contributed by atoms with Gasteiger partial charge in [-0.05, 0) is 51.1 Å². The lowest BCUT2D eigenvalue weighted by molar-refractivity contribution is -0.119. The third-order valence-corrected chi connectivity index (χ3v) is 4.10. The number of anilines is 1. The van der Waals surface area contributed by atoms with Gasteiger partial charge in [-0.3, -0.25) is 9.59 Å². The average molecular weight is 357 g/mol. The van der Waals surface area contributed by atoms with Gasteiger partial charge in [0.25, 0.3) is 11.8 Å². The molecule has 0 aliphatic rings. The zero-order valence-corrected chi connectivity index (χ0v) is 15.4. The van der Waals surface area contributed by atoms with Gasteiger partial charge < -0.3 is 19.9 Å². The zero-order chi connectivity index (χ0) is 19.3. The topological polar surface area (TPSA) is 89.4 Å². The van der Waals surface area contributed by atoms with Crippen LogP contribution in [0.4, 0.5) is 5.69 Å². The molecule has 0 saturated carbocycles. The Morgan fingerprint density at radius 3 is 2.31 bits per heavy atom. The van der Waals surface area contributed by atoms with E-state index in [1.165, 1.54) is 0 Å². The predicted octanol–water partition coefficient (Wildman–Crippen LogP) is 2.28. The number of aryl methyl sites for hydroxylation is 1. The fourth-order valence-corrected chi connectivity index (χ4v) is 2.75. The van der Waals surface area contributed by atoms with Crippen LogP contribution in [-0.2, 0) is 16.1 Å². The maximum Gasteiger partial charge on any atom is 0.340 e. The van der Waals surface area contributed by atoms with Crippen molar-refractivity contribution in [3.05, 3.63) is 52.8 Å². The van der Waals surface area contributed by atoms with Gasteiger partial charge >= 0.3 is 5.97 Å². The number of nitrogens with zero attached hydrogens (tertiary/aromatic N) is 1. The average Bonchev–Trinajstić information content (AvgIpc) is 2.93. The van der Waals surface area contributed by atoms with Crippen LogP contribution in [0.15, 0.2) is 30.3 Å². The molecule has 0 fully saturated rings. The molecule has 2 rings (SSSR count). The van der Waals surface area contributed by atoms with Crippen LogP contribution in [0.25, 0.3) is 0 Å². The molecule has 0 saturated heterocycles. The van der Waals surface area contributed by atoms with Gasteiger partial charge in [0.1, 0.15) is 0 Å². The minimum atomic E-state index is -0.525. The summed E-state index contributed by atoms with van der Waals surface area (Å²) in [4.78, 5) is 35.6. The monoisotopic (exact) mass is 357 g/mol. The summed E-state index contributed by atoms with van der Waals surface area (Å²) in [6.07, 6.45) is 0. The Morgan fingerprint density at radius 1 is 1.12 bits per heavy atom. The smallest absolute Gasteiger partial charge is 0.340 e. The van der Waals surface area contributed by atoms with Gasteiger partial charge in [0.15, 0.2) is 6.61 Å². The number of hydrogen-bond donors (Lipinski definition) is 2. The van der Waals surface area contributed by atoms with Crippen molar-refractivity contribution in [3.8, 4) is 0 Å². The maximum atomic E-state index is 12.2. The van der Waals surface area contributed by atoms with Gasteiger partial charge in [0.2, 0.25) is 0 Å². The van der Waals surface area contributed by atoms with Crippen molar-refractivity contribution in [2.45, 2.75) is 27.3 Å². The van der Waals surface area contributed by atoms with Gasteiger partial charge in [-0.1, -0.05) is 0 Å². The van der Waals surface area contributed by atoms with Crippen molar-refractivity contribution in [1.82, 2.24) is 9.88 Å². The summed E-state index contributed by atoms with van der Waals surface area (Å²) >= 11 is 0. The predicted molar refractivity (Wildman–Crippen MR) is 98.3 cm³/mol. The summed E-state index contributed by atoms with van der Waals surface area (Å²) in [5.41, 5.74) is 3.26. The summed E-state index contributed by atoms with van der Waals surface area (Å²) in [5, 5.41) is 5.14. The molecule has 1 aromatic heterocycles. The van der Waals surface area contributed by atoms with Gasteiger partial charge in [-0.2, -0.15) is 0 Å². The highest BCUT2D eigenvalue weighted by Gasteiger charge is 2.17. The highest BCUT2D eigenvalue weighted by molar-refractivity contribution is 5.97. The van der Waals surface area contributed by atoms with Crippen LogP contribution in [0.2, 0.25) is 0 Å². The normalized spacial score (nSPS) is 10.3. The first-order chi connectivity index (χ1) is 12.4. The number of carbonyl (C=O) groups is 3. The Kier molecular flexibility index (Phi) is 6.16. The van der Waals surface area contributed by atoms with E-state index in [4.69, 9.17) is 4.74 Å². The quantitative estimate of drug-likeness (QED) is 0.776. The summed E-state index contributed by atoms with van der Waals surface area (Å²) in [7, 11) is 1.55. The first kappa shape index (κ1) is 19.2. The standard InChI is InChI=1S/C19H23N3O4/c1-5-22-12(2)10-16(13(22)3)19(25)26-11-17(23)21-15-8-6-14(7-9-15)18(24)20-4/h6-10H,5,11H2,1-4H3,(H,20,24)(H,21,23). The van der Waals surface area contributed by atoms with Gasteiger partial charge in [0, 0.05) is 36.2 Å². The van der Waals surface area contributed by atoms with Crippen LogP contribution < -0.4 is 10.6 Å². The van der Waals surface area contributed by atoms with E-state index < -0.39 is 11.9 Å². The van der Waals surface area contributed by atoms with Gasteiger partial charge in [-0.15, -0.1) is 0 Å². The first-order valence-corrected chi connectivity index (χ1v) is 8.33. The molecule has 0 radical (unpaired) electrons. The molecule has 0 bridgehead atoms. The fraction of sp³-hybridized carbons (Fsp3) is 0.316. The number of hydrogen-bond acceptors (Lipinski definition) is 4. The maximum absolute atomic E-state index is 12.2. The molecule has 2 N–H and O–H groups in total.